The maximum atomic E-state index is 4.59. The fraction of sp³-hybridized carbons (Fsp3) is 0.200. The zero-order valence-corrected chi connectivity index (χ0v) is 9.15. The number of imidazole rings is 1. The van der Waals surface area contributed by atoms with E-state index in [0.29, 0.717) is 0 Å². The van der Waals surface area contributed by atoms with Crippen LogP contribution >= 0.6 is 11.8 Å². The van der Waals surface area contributed by atoms with Gasteiger partial charge in [0.2, 0.25) is 0 Å². The minimum absolute atomic E-state index is 0.778. The van der Waals surface area contributed by atoms with Crippen molar-refractivity contribution in [3.8, 4) is 0 Å². The van der Waals surface area contributed by atoms with E-state index >= 15 is 0 Å². The predicted molar refractivity (Wildman–Crippen MR) is 61.4 cm³/mol. The van der Waals surface area contributed by atoms with Gasteiger partial charge in [-0.05, 0) is 12.1 Å². The Bertz CT molecular complexity index is 466. The number of thioether (sulfide) groups is 1. The van der Waals surface area contributed by atoms with E-state index in [1.165, 1.54) is 7.11 Å². The molecule has 15 heavy (non-hydrogen) atoms. The van der Waals surface area contributed by atoms with Gasteiger partial charge in [0.25, 0.3) is 0 Å². The summed E-state index contributed by atoms with van der Waals surface area (Å²) in [6.07, 6.45) is 7.44. The summed E-state index contributed by atoms with van der Waals surface area (Å²) in [6, 6.07) is 4.05. The van der Waals surface area contributed by atoms with E-state index in [1.807, 2.05) is 28.9 Å². The van der Waals surface area contributed by atoms with Gasteiger partial charge in [0, 0.05) is 24.3 Å². The molecule has 0 unspecified atom stereocenters. The van der Waals surface area contributed by atoms with Crippen LogP contribution in [-0.2, 0) is 4.84 Å². The van der Waals surface area contributed by atoms with E-state index in [0.717, 1.165) is 16.3 Å². The number of rotatable bonds is 4. The summed E-state index contributed by atoms with van der Waals surface area (Å²) in [6.45, 7) is 0. The van der Waals surface area contributed by atoms with E-state index in [9.17, 15) is 0 Å². The van der Waals surface area contributed by atoms with Crippen molar-refractivity contribution in [1.29, 1.82) is 0 Å². The summed E-state index contributed by atoms with van der Waals surface area (Å²) >= 11 is 1.68. The quantitative estimate of drug-likeness (QED) is 0.450. The topological polar surface area (TPSA) is 38.9 Å². The highest BCUT2D eigenvalue weighted by Crippen LogP contribution is 2.21. The average molecular weight is 221 g/mol. The standard InChI is InChI=1S/C10H11N3OS/c1-14-12-5-8-15-9-3-2-6-13-7-4-11-10(9)13/h2-7H,8H2,1H3/b12-5-. The van der Waals surface area contributed by atoms with Crippen molar-refractivity contribution < 1.29 is 4.84 Å². The molecule has 2 rings (SSSR count). The first-order chi connectivity index (χ1) is 7.42. The molecule has 0 radical (unpaired) electrons. The molecular formula is C10H11N3OS. The number of nitrogens with zero attached hydrogens (tertiary/aromatic N) is 3. The number of hydrogen-bond donors (Lipinski definition) is 0. The van der Waals surface area contributed by atoms with Crippen molar-refractivity contribution in [2.24, 2.45) is 5.16 Å². The molecule has 0 amide bonds. The van der Waals surface area contributed by atoms with E-state index in [-0.39, 0.29) is 0 Å². The van der Waals surface area contributed by atoms with Gasteiger partial charge in [0.15, 0.2) is 0 Å². The summed E-state index contributed by atoms with van der Waals surface area (Å²) in [7, 11) is 1.54. The first-order valence-corrected chi connectivity index (χ1v) is 5.50. The highest BCUT2D eigenvalue weighted by molar-refractivity contribution is 8.00. The van der Waals surface area contributed by atoms with Crippen LogP contribution in [0.25, 0.3) is 5.65 Å². The van der Waals surface area contributed by atoms with Crippen LogP contribution in [0.5, 0.6) is 0 Å². The van der Waals surface area contributed by atoms with Crippen molar-refractivity contribution in [3.63, 3.8) is 0 Å². The molecular weight excluding hydrogens is 210 g/mol. The Balaban J connectivity index is 2.13. The van der Waals surface area contributed by atoms with Gasteiger partial charge in [-0.1, -0.05) is 5.16 Å². The molecule has 78 valence electrons. The highest BCUT2D eigenvalue weighted by atomic mass is 32.2. The lowest BCUT2D eigenvalue weighted by Gasteiger charge is -2.00. The van der Waals surface area contributed by atoms with Gasteiger partial charge in [-0.25, -0.2) is 4.98 Å². The lowest BCUT2D eigenvalue weighted by molar-refractivity contribution is 0.215. The number of pyridine rings is 1. The monoisotopic (exact) mass is 221 g/mol. The SMILES string of the molecule is CO/N=C\CSc1cccn2ccnc12. The van der Waals surface area contributed by atoms with Crippen LogP contribution in [0.3, 0.4) is 0 Å². The largest absolute Gasteiger partial charge is 0.399 e. The second kappa shape index (κ2) is 4.84. The Kier molecular flexibility index (Phi) is 3.24. The third-order valence-corrected chi connectivity index (χ3v) is 2.82. The summed E-state index contributed by atoms with van der Waals surface area (Å²) in [5, 5.41) is 3.68. The van der Waals surface area contributed by atoms with Gasteiger partial charge in [-0.15, -0.1) is 11.8 Å². The van der Waals surface area contributed by atoms with Crippen LogP contribution in [0, 0.1) is 0 Å². The highest BCUT2D eigenvalue weighted by Gasteiger charge is 2.00. The van der Waals surface area contributed by atoms with Crippen molar-refractivity contribution in [3.05, 3.63) is 30.7 Å². The molecule has 4 nitrogen and oxygen atoms in total. The second-order valence-corrected chi connectivity index (χ2v) is 3.87. The molecule has 0 atom stereocenters. The zero-order chi connectivity index (χ0) is 10.5. The van der Waals surface area contributed by atoms with Crippen LogP contribution in [0.1, 0.15) is 0 Å². The molecule has 2 heterocycles. The molecule has 0 aliphatic rings. The maximum Gasteiger partial charge on any atom is 0.150 e. The lowest BCUT2D eigenvalue weighted by atomic mass is 10.5. The van der Waals surface area contributed by atoms with Gasteiger partial charge in [0.05, 0.1) is 11.1 Å². The van der Waals surface area contributed by atoms with Crippen molar-refractivity contribution in [2.75, 3.05) is 12.9 Å². The molecule has 0 aromatic carbocycles. The summed E-state index contributed by atoms with van der Waals surface area (Å²) < 4.78 is 2.00. The van der Waals surface area contributed by atoms with Crippen LogP contribution in [-0.4, -0.2) is 28.5 Å². The van der Waals surface area contributed by atoms with Gasteiger partial charge < -0.3 is 9.24 Å². The van der Waals surface area contributed by atoms with E-state index < -0.39 is 0 Å². The summed E-state index contributed by atoms with van der Waals surface area (Å²) in [4.78, 5) is 10.0. The zero-order valence-electron chi connectivity index (χ0n) is 8.33. The maximum absolute atomic E-state index is 4.59. The molecule has 0 aliphatic heterocycles. The summed E-state index contributed by atoms with van der Waals surface area (Å²) in [5.74, 6) is 0.778. The molecule has 0 saturated heterocycles. The Hall–Kier alpha value is -1.49. The Labute approximate surface area is 92.0 Å². The molecule has 0 spiro atoms. The Morgan fingerprint density at radius 2 is 2.53 bits per heavy atom. The van der Waals surface area contributed by atoms with E-state index in [4.69, 9.17) is 0 Å². The second-order valence-electron chi connectivity index (χ2n) is 2.81. The first kappa shape index (κ1) is 10.0. The van der Waals surface area contributed by atoms with Crippen LogP contribution in [0.4, 0.5) is 0 Å². The molecule has 0 N–H and O–H groups in total. The molecule has 0 aliphatic carbocycles. The fourth-order valence-electron chi connectivity index (χ4n) is 1.27. The van der Waals surface area contributed by atoms with Crippen LogP contribution < -0.4 is 0 Å². The fourth-order valence-corrected chi connectivity index (χ4v) is 2.04. The minimum Gasteiger partial charge on any atom is -0.399 e. The number of hydrogen-bond acceptors (Lipinski definition) is 4. The normalized spacial score (nSPS) is 11.3. The molecule has 0 saturated carbocycles. The molecule has 2 aromatic rings. The molecule has 0 bridgehead atoms. The van der Waals surface area contributed by atoms with Crippen molar-refractivity contribution in [2.45, 2.75) is 4.90 Å². The predicted octanol–water partition coefficient (Wildman–Crippen LogP) is 2.06. The molecule has 5 heteroatoms. The van der Waals surface area contributed by atoms with Gasteiger partial charge >= 0.3 is 0 Å². The van der Waals surface area contributed by atoms with Gasteiger partial charge in [-0.3, -0.25) is 0 Å². The number of oxime groups is 1. The Morgan fingerprint density at radius 1 is 1.60 bits per heavy atom. The average Bonchev–Trinajstić information content (AvgIpc) is 2.73. The summed E-state index contributed by atoms with van der Waals surface area (Å²) in [5.41, 5.74) is 0.980. The molecule has 2 aromatic heterocycles. The smallest absolute Gasteiger partial charge is 0.150 e. The van der Waals surface area contributed by atoms with E-state index in [2.05, 4.69) is 15.0 Å². The Morgan fingerprint density at radius 3 is 3.40 bits per heavy atom. The first-order valence-electron chi connectivity index (χ1n) is 4.51. The van der Waals surface area contributed by atoms with Crippen molar-refractivity contribution in [1.82, 2.24) is 9.38 Å². The third-order valence-electron chi connectivity index (χ3n) is 1.88. The number of fused-ring (bicyclic) bond motifs is 1. The van der Waals surface area contributed by atoms with Crippen LogP contribution in [0.15, 0.2) is 40.8 Å². The minimum atomic E-state index is 0.778. The van der Waals surface area contributed by atoms with Gasteiger partial charge in [0.1, 0.15) is 12.8 Å². The third kappa shape index (κ3) is 2.30. The lowest BCUT2D eigenvalue weighted by Crippen LogP contribution is -1.87. The molecule has 0 fully saturated rings. The van der Waals surface area contributed by atoms with Gasteiger partial charge in [-0.2, -0.15) is 0 Å². The van der Waals surface area contributed by atoms with Crippen LogP contribution in [0.2, 0.25) is 0 Å². The van der Waals surface area contributed by atoms with E-state index in [1.54, 1.807) is 24.2 Å². The van der Waals surface area contributed by atoms with Crippen molar-refractivity contribution >= 4 is 23.6 Å². The number of aromatic nitrogens is 2.